The van der Waals surface area contributed by atoms with Crippen molar-refractivity contribution in [1.29, 1.82) is 0 Å². The van der Waals surface area contributed by atoms with Crippen LogP contribution in [-0.4, -0.2) is 15.6 Å². The number of amides is 1. The monoisotopic (exact) mass is 310 g/mol. The number of rotatable bonds is 4. The van der Waals surface area contributed by atoms with E-state index in [4.69, 9.17) is 5.73 Å². The fourth-order valence-corrected chi connectivity index (χ4v) is 2.05. The molecule has 21 heavy (non-hydrogen) atoms. The summed E-state index contributed by atoms with van der Waals surface area (Å²) in [5, 5.41) is 12.4. The zero-order valence-corrected chi connectivity index (χ0v) is 12.8. The minimum atomic E-state index is -0.103. The van der Waals surface area contributed by atoms with Crippen molar-refractivity contribution in [3.63, 3.8) is 0 Å². The predicted molar refractivity (Wildman–Crippen MR) is 74.7 cm³/mol. The largest absolute Gasteiger partial charge is 1.00 e. The third-order valence-corrected chi connectivity index (χ3v) is 3.08. The van der Waals surface area contributed by atoms with Crippen molar-refractivity contribution in [2.24, 2.45) is 14.1 Å². The summed E-state index contributed by atoms with van der Waals surface area (Å²) in [5.41, 5.74) is 7.73. The van der Waals surface area contributed by atoms with Gasteiger partial charge in [0.2, 0.25) is 12.2 Å². The molecule has 2 aromatic rings. The maximum absolute atomic E-state index is 11.9. The van der Waals surface area contributed by atoms with E-state index in [-0.39, 0.29) is 30.6 Å². The van der Waals surface area contributed by atoms with Crippen LogP contribution in [0, 0.1) is 0 Å². The fourth-order valence-electron chi connectivity index (χ4n) is 2.05. The second kappa shape index (κ2) is 6.99. The molecule has 1 heterocycles. The van der Waals surface area contributed by atoms with E-state index in [0.29, 0.717) is 17.7 Å². The van der Waals surface area contributed by atoms with Gasteiger partial charge in [-0.3, -0.25) is 4.79 Å². The Kier molecular flexibility index (Phi) is 5.60. The Labute approximate surface area is 129 Å². The first-order valence-electron chi connectivity index (χ1n) is 6.30. The summed E-state index contributed by atoms with van der Waals surface area (Å²) >= 11 is 0. The van der Waals surface area contributed by atoms with Crippen molar-refractivity contribution in [3.05, 3.63) is 42.0 Å². The van der Waals surface area contributed by atoms with E-state index in [1.165, 1.54) is 6.07 Å². The van der Waals surface area contributed by atoms with Gasteiger partial charge in [-0.05, 0) is 18.2 Å². The van der Waals surface area contributed by atoms with Gasteiger partial charge in [-0.2, -0.15) is 0 Å². The standard InChI is InChI=1S/C14H18N4O2.ClH/c1-17-8-12(18(2)9-17)6-14(20)16-7-10-5-11(15)3-4-13(10)19;/h3-5,8-9H,6-7,15H2,1-2H3,(H-,16,19,20);1H. The number of hydrogen-bond donors (Lipinski definition) is 3. The van der Waals surface area contributed by atoms with Crippen molar-refractivity contribution < 1.29 is 26.9 Å². The Morgan fingerprint density at radius 2 is 2.19 bits per heavy atom. The van der Waals surface area contributed by atoms with Gasteiger partial charge in [-0.1, -0.05) is 0 Å². The normalized spacial score (nSPS) is 10.0. The molecule has 2 rings (SSSR count). The van der Waals surface area contributed by atoms with E-state index in [2.05, 4.69) is 5.32 Å². The fraction of sp³-hybridized carbons (Fsp3) is 0.286. The summed E-state index contributed by atoms with van der Waals surface area (Å²) < 4.78 is 3.80. The maximum Gasteiger partial charge on any atom is 0.243 e. The van der Waals surface area contributed by atoms with Crippen molar-refractivity contribution in [1.82, 2.24) is 9.88 Å². The first-order chi connectivity index (χ1) is 9.45. The van der Waals surface area contributed by atoms with Gasteiger partial charge >= 0.3 is 0 Å². The molecule has 0 unspecified atom stereocenters. The lowest BCUT2D eigenvalue weighted by Crippen LogP contribution is -3.00. The highest BCUT2D eigenvalue weighted by atomic mass is 35.5. The van der Waals surface area contributed by atoms with Crippen LogP contribution in [0.3, 0.4) is 0 Å². The smallest absolute Gasteiger partial charge is 0.243 e. The SMILES string of the molecule is Cn1c[n+](C)cc1CC(=O)NCc1cc(N)ccc1O.[Cl-]. The number of carbonyl (C=O) groups is 1. The van der Waals surface area contributed by atoms with E-state index in [1.54, 1.807) is 12.1 Å². The number of hydrogen-bond acceptors (Lipinski definition) is 3. The van der Waals surface area contributed by atoms with Gasteiger partial charge in [0.15, 0.2) is 5.69 Å². The number of nitrogens with zero attached hydrogens (tertiary/aromatic N) is 2. The molecule has 0 saturated heterocycles. The molecular weight excluding hydrogens is 292 g/mol. The summed E-state index contributed by atoms with van der Waals surface area (Å²) in [5.74, 6) is 0.0263. The number of nitrogens with two attached hydrogens (primary N) is 1. The van der Waals surface area contributed by atoms with E-state index in [1.807, 2.05) is 35.8 Å². The highest BCUT2D eigenvalue weighted by Gasteiger charge is 2.13. The van der Waals surface area contributed by atoms with Gasteiger partial charge in [-0.25, -0.2) is 9.13 Å². The van der Waals surface area contributed by atoms with Gasteiger partial charge in [0.05, 0.1) is 20.5 Å². The zero-order valence-electron chi connectivity index (χ0n) is 12.0. The average molecular weight is 311 g/mol. The molecule has 0 aliphatic rings. The van der Waals surface area contributed by atoms with Crippen LogP contribution in [-0.2, 0) is 31.9 Å². The van der Waals surface area contributed by atoms with Crippen LogP contribution in [0.25, 0.3) is 0 Å². The number of carbonyl (C=O) groups excluding carboxylic acids is 1. The number of aryl methyl sites for hydroxylation is 2. The highest BCUT2D eigenvalue weighted by molar-refractivity contribution is 5.78. The molecule has 0 saturated carbocycles. The molecule has 0 bridgehead atoms. The minimum Gasteiger partial charge on any atom is -1.00 e. The number of imidazole rings is 1. The molecule has 4 N–H and O–H groups in total. The van der Waals surface area contributed by atoms with Gasteiger partial charge in [0.1, 0.15) is 11.9 Å². The Bertz CT molecular complexity index is 640. The lowest BCUT2D eigenvalue weighted by atomic mass is 10.1. The molecule has 0 aliphatic heterocycles. The van der Waals surface area contributed by atoms with Crippen molar-refractivity contribution >= 4 is 11.6 Å². The second-order valence-corrected chi connectivity index (χ2v) is 4.85. The molecule has 1 aromatic heterocycles. The zero-order chi connectivity index (χ0) is 14.7. The quantitative estimate of drug-likeness (QED) is 0.320. The highest BCUT2D eigenvalue weighted by Crippen LogP contribution is 2.19. The average Bonchev–Trinajstić information content (AvgIpc) is 2.69. The summed E-state index contributed by atoms with van der Waals surface area (Å²) in [7, 11) is 3.80. The third-order valence-electron chi connectivity index (χ3n) is 3.08. The summed E-state index contributed by atoms with van der Waals surface area (Å²) in [6.45, 7) is 0.256. The number of nitrogen functional groups attached to an aromatic ring is 1. The number of benzene rings is 1. The molecule has 1 amide bonds. The summed E-state index contributed by atoms with van der Waals surface area (Å²) in [4.78, 5) is 11.9. The van der Waals surface area contributed by atoms with Gasteiger partial charge < -0.3 is 28.6 Å². The van der Waals surface area contributed by atoms with E-state index < -0.39 is 0 Å². The van der Waals surface area contributed by atoms with Crippen LogP contribution in [0.4, 0.5) is 5.69 Å². The number of phenols is 1. The molecule has 7 heteroatoms. The lowest BCUT2D eigenvalue weighted by Gasteiger charge is -2.07. The minimum absolute atomic E-state index is 0. The second-order valence-electron chi connectivity index (χ2n) is 4.85. The van der Waals surface area contributed by atoms with Crippen LogP contribution in [0.5, 0.6) is 5.75 Å². The first-order valence-corrected chi connectivity index (χ1v) is 6.30. The van der Waals surface area contributed by atoms with Gasteiger partial charge in [0, 0.05) is 17.8 Å². The van der Waals surface area contributed by atoms with Crippen LogP contribution < -0.4 is 28.0 Å². The van der Waals surface area contributed by atoms with Crippen molar-refractivity contribution in [2.75, 3.05) is 5.73 Å². The molecule has 0 fully saturated rings. The van der Waals surface area contributed by atoms with E-state index in [9.17, 15) is 9.90 Å². The molecule has 0 aliphatic carbocycles. The Hall–Kier alpha value is -2.21. The van der Waals surface area contributed by atoms with Crippen molar-refractivity contribution in [3.8, 4) is 5.75 Å². The number of anilines is 1. The molecule has 0 radical (unpaired) electrons. The summed E-state index contributed by atoms with van der Waals surface area (Å²) in [6.07, 6.45) is 4.09. The topological polar surface area (TPSA) is 84.2 Å². The Morgan fingerprint density at radius 3 is 2.81 bits per heavy atom. The van der Waals surface area contributed by atoms with E-state index >= 15 is 0 Å². The number of aromatic hydroxyl groups is 1. The van der Waals surface area contributed by atoms with Crippen LogP contribution in [0.2, 0.25) is 0 Å². The maximum atomic E-state index is 11.9. The van der Waals surface area contributed by atoms with Crippen molar-refractivity contribution in [2.45, 2.75) is 13.0 Å². The number of nitrogens with one attached hydrogen (secondary N) is 1. The van der Waals surface area contributed by atoms with E-state index in [0.717, 1.165) is 5.69 Å². The van der Waals surface area contributed by atoms with Crippen LogP contribution in [0.1, 0.15) is 11.3 Å². The molecule has 0 atom stereocenters. The predicted octanol–water partition coefficient (Wildman–Crippen LogP) is -3.00. The first kappa shape index (κ1) is 16.8. The Balaban J connectivity index is 0.00000220. The van der Waals surface area contributed by atoms with Gasteiger partial charge in [-0.15, -0.1) is 0 Å². The molecular formula is C14H19ClN4O2. The molecule has 1 aromatic carbocycles. The van der Waals surface area contributed by atoms with Gasteiger partial charge in [0.25, 0.3) is 0 Å². The number of phenolic OH excluding ortho intramolecular Hbond substituents is 1. The van der Waals surface area contributed by atoms with Crippen LogP contribution >= 0.6 is 0 Å². The number of aromatic nitrogens is 2. The number of halogens is 1. The molecule has 6 nitrogen and oxygen atoms in total. The van der Waals surface area contributed by atoms with Crippen LogP contribution in [0.15, 0.2) is 30.7 Å². The molecule has 114 valence electrons. The Morgan fingerprint density at radius 1 is 1.48 bits per heavy atom. The summed E-state index contributed by atoms with van der Waals surface area (Å²) in [6, 6.07) is 4.79. The molecule has 0 spiro atoms. The third kappa shape index (κ3) is 4.39. The lowest BCUT2D eigenvalue weighted by molar-refractivity contribution is -0.671.